The summed E-state index contributed by atoms with van der Waals surface area (Å²) in [4.78, 5) is 2.06. The Balaban J connectivity index is 0.00000256. The second-order valence-electron chi connectivity index (χ2n) is 4.38. The Labute approximate surface area is 109 Å². The average molecular weight is 260 g/mol. The minimum atomic E-state index is -0.373. The highest BCUT2D eigenvalue weighted by Crippen LogP contribution is 2.06. The molecule has 98 valence electrons. The van der Waals surface area contributed by atoms with Crippen molar-refractivity contribution < 1.29 is 10.2 Å². The summed E-state index contributed by atoms with van der Waals surface area (Å²) in [6.07, 6.45) is -0.745. The molecule has 0 bridgehead atoms. The van der Waals surface area contributed by atoms with E-state index in [0.29, 0.717) is 13.1 Å². The van der Waals surface area contributed by atoms with Crippen molar-refractivity contribution in [3.8, 4) is 0 Å². The van der Waals surface area contributed by atoms with Crippen molar-refractivity contribution in [3.63, 3.8) is 0 Å². The van der Waals surface area contributed by atoms with Gasteiger partial charge in [-0.1, -0.05) is 30.3 Å². The summed E-state index contributed by atoms with van der Waals surface area (Å²) < 4.78 is 0. The molecule has 3 nitrogen and oxygen atoms in total. The van der Waals surface area contributed by atoms with Gasteiger partial charge < -0.3 is 10.2 Å². The van der Waals surface area contributed by atoms with Crippen molar-refractivity contribution in [2.75, 3.05) is 13.1 Å². The van der Waals surface area contributed by atoms with Gasteiger partial charge in [-0.05, 0) is 19.4 Å². The largest absolute Gasteiger partial charge is 0.392 e. The molecule has 1 aromatic rings. The summed E-state index contributed by atoms with van der Waals surface area (Å²) in [5, 5.41) is 18.8. The van der Waals surface area contributed by atoms with E-state index in [1.165, 1.54) is 5.56 Å². The lowest BCUT2D eigenvalue weighted by molar-refractivity contribution is 0.0794. The van der Waals surface area contributed by atoms with Crippen molar-refractivity contribution >= 4 is 12.4 Å². The van der Waals surface area contributed by atoms with Crippen LogP contribution in [0.25, 0.3) is 0 Å². The van der Waals surface area contributed by atoms with Crippen LogP contribution in [0.1, 0.15) is 19.4 Å². The van der Waals surface area contributed by atoms with Crippen LogP contribution in [0.15, 0.2) is 30.3 Å². The van der Waals surface area contributed by atoms with Crippen LogP contribution in [0.4, 0.5) is 0 Å². The second kappa shape index (κ2) is 8.48. The molecule has 0 aliphatic heterocycles. The molecule has 0 aromatic heterocycles. The summed E-state index contributed by atoms with van der Waals surface area (Å²) in [5.41, 5.74) is 1.20. The highest BCUT2D eigenvalue weighted by atomic mass is 35.5. The molecule has 0 fully saturated rings. The van der Waals surface area contributed by atoms with Crippen LogP contribution in [0, 0.1) is 0 Å². The number of benzene rings is 1. The molecule has 0 aliphatic rings. The molecule has 0 aliphatic carbocycles. The predicted molar refractivity (Wildman–Crippen MR) is 72.3 cm³/mol. The van der Waals surface area contributed by atoms with Gasteiger partial charge in [0.1, 0.15) is 0 Å². The number of hydrogen-bond acceptors (Lipinski definition) is 3. The van der Waals surface area contributed by atoms with Gasteiger partial charge in [0.2, 0.25) is 0 Å². The SMILES string of the molecule is CC(O)CN(Cc1ccccc1)CC(C)O.Cl. The van der Waals surface area contributed by atoms with E-state index in [9.17, 15) is 10.2 Å². The normalized spacial score (nSPS) is 14.2. The Hall–Kier alpha value is -0.610. The zero-order valence-electron chi connectivity index (χ0n) is 10.4. The molecular formula is C13H22ClNO2. The second-order valence-corrected chi connectivity index (χ2v) is 4.38. The van der Waals surface area contributed by atoms with Crippen LogP contribution < -0.4 is 0 Å². The Morgan fingerprint density at radius 3 is 1.88 bits per heavy atom. The van der Waals surface area contributed by atoms with E-state index < -0.39 is 0 Å². The molecule has 0 saturated heterocycles. The van der Waals surface area contributed by atoms with Crippen LogP contribution >= 0.6 is 12.4 Å². The van der Waals surface area contributed by atoms with Crippen LogP contribution in [0.2, 0.25) is 0 Å². The average Bonchev–Trinajstić information content (AvgIpc) is 2.16. The molecule has 0 spiro atoms. The first-order valence-corrected chi connectivity index (χ1v) is 5.70. The molecule has 4 heteroatoms. The third-order valence-electron chi connectivity index (χ3n) is 2.29. The molecule has 0 heterocycles. The van der Waals surface area contributed by atoms with E-state index in [0.717, 1.165) is 6.54 Å². The fourth-order valence-corrected chi connectivity index (χ4v) is 1.79. The van der Waals surface area contributed by atoms with E-state index in [1.807, 2.05) is 18.2 Å². The standard InChI is InChI=1S/C13H21NO2.ClH/c1-11(15)8-14(9-12(2)16)10-13-6-4-3-5-7-13;/h3-7,11-12,15-16H,8-10H2,1-2H3;1H. The fraction of sp³-hybridized carbons (Fsp3) is 0.538. The van der Waals surface area contributed by atoms with Gasteiger partial charge >= 0.3 is 0 Å². The quantitative estimate of drug-likeness (QED) is 0.817. The van der Waals surface area contributed by atoms with E-state index in [-0.39, 0.29) is 24.6 Å². The monoisotopic (exact) mass is 259 g/mol. The first-order valence-electron chi connectivity index (χ1n) is 5.70. The van der Waals surface area contributed by atoms with E-state index >= 15 is 0 Å². The molecule has 2 atom stereocenters. The number of rotatable bonds is 6. The van der Waals surface area contributed by atoms with Gasteiger partial charge in [-0.3, -0.25) is 4.90 Å². The smallest absolute Gasteiger partial charge is 0.0639 e. The predicted octanol–water partition coefficient (Wildman–Crippen LogP) is 1.67. The third-order valence-corrected chi connectivity index (χ3v) is 2.29. The van der Waals surface area contributed by atoms with Gasteiger partial charge in [-0.25, -0.2) is 0 Å². The van der Waals surface area contributed by atoms with Crippen molar-refractivity contribution in [2.24, 2.45) is 0 Å². The van der Waals surface area contributed by atoms with Crippen LogP contribution in [0.5, 0.6) is 0 Å². The molecule has 0 radical (unpaired) electrons. The van der Waals surface area contributed by atoms with Gasteiger partial charge in [-0.2, -0.15) is 0 Å². The lowest BCUT2D eigenvalue weighted by Crippen LogP contribution is -2.35. The minimum absolute atomic E-state index is 0. The lowest BCUT2D eigenvalue weighted by atomic mass is 10.2. The molecule has 0 saturated carbocycles. The third kappa shape index (κ3) is 7.34. The number of hydrogen-bond donors (Lipinski definition) is 2. The van der Waals surface area contributed by atoms with E-state index in [4.69, 9.17) is 0 Å². The number of halogens is 1. The minimum Gasteiger partial charge on any atom is -0.392 e. The molecular weight excluding hydrogens is 238 g/mol. The topological polar surface area (TPSA) is 43.7 Å². The van der Waals surface area contributed by atoms with Crippen LogP contribution in [-0.2, 0) is 6.54 Å². The van der Waals surface area contributed by atoms with Gasteiger partial charge in [-0.15, -0.1) is 12.4 Å². The molecule has 2 N–H and O–H groups in total. The summed E-state index contributed by atoms with van der Waals surface area (Å²) in [6.45, 7) is 5.45. The first kappa shape index (κ1) is 16.4. The fourth-order valence-electron chi connectivity index (χ4n) is 1.79. The van der Waals surface area contributed by atoms with Gasteiger partial charge in [0, 0.05) is 19.6 Å². The Morgan fingerprint density at radius 1 is 1.00 bits per heavy atom. The zero-order chi connectivity index (χ0) is 12.0. The summed E-state index contributed by atoms with van der Waals surface area (Å²) in [7, 11) is 0. The lowest BCUT2D eigenvalue weighted by Gasteiger charge is -2.25. The van der Waals surface area contributed by atoms with Crippen molar-refractivity contribution in [1.29, 1.82) is 0 Å². The number of aliphatic hydroxyl groups excluding tert-OH is 2. The number of aliphatic hydroxyl groups is 2. The van der Waals surface area contributed by atoms with Crippen molar-refractivity contribution in [2.45, 2.75) is 32.6 Å². The Bertz CT molecular complexity index is 281. The van der Waals surface area contributed by atoms with Gasteiger partial charge in [0.15, 0.2) is 0 Å². The van der Waals surface area contributed by atoms with Crippen LogP contribution in [-0.4, -0.2) is 40.4 Å². The maximum absolute atomic E-state index is 9.39. The first-order chi connectivity index (χ1) is 7.58. The van der Waals surface area contributed by atoms with Gasteiger partial charge in [0.05, 0.1) is 12.2 Å². The summed E-state index contributed by atoms with van der Waals surface area (Å²) in [5.74, 6) is 0. The van der Waals surface area contributed by atoms with Crippen molar-refractivity contribution in [3.05, 3.63) is 35.9 Å². The molecule has 0 amide bonds. The maximum atomic E-state index is 9.39. The van der Waals surface area contributed by atoms with E-state index in [1.54, 1.807) is 13.8 Å². The maximum Gasteiger partial charge on any atom is 0.0639 e. The molecule has 1 rings (SSSR count). The Kier molecular flexibility index (Phi) is 8.17. The van der Waals surface area contributed by atoms with E-state index in [2.05, 4.69) is 17.0 Å². The molecule has 2 unspecified atom stereocenters. The summed E-state index contributed by atoms with van der Waals surface area (Å²) in [6, 6.07) is 10.1. The van der Waals surface area contributed by atoms with Crippen molar-refractivity contribution in [1.82, 2.24) is 4.90 Å². The summed E-state index contributed by atoms with van der Waals surface area (Å²) >= 11 is 0. The van der Waals surface area contributed by atoms with Gasteiger partial charge in [0.25, 0.3) is 0 Å². The molecule has 17 heavy (non-hydrogen) atoms. The zero-order valence-corrected chi connectivity index (χ0v) is 11.2. The highest BCUT2D eigenvalue weighted by Gasteiger charge is 2.11. The highest BCUT2D eigenvalue weighted by molar-refractivity contribution is 5.85. The number of nitrogens with zero attached hydrogens (tertiary/aromatic N) is 1. The van der Waals surface area contributed by atoms with Crippen LogP contribution in [0.3, 0.4) is 0 Å². The molecule has 1 aromatic carbocycles. The Morgan fingerprint density at radius 2 is 1.47 bits per heavy atom.